The summed E-state index contributed by atoms with van der Waals surface area (Å²) in [5, 5.41) is 0.344. The summed E-state index contributed by atoms with van der Waals surface area (Å²) in [7, 11) is 0. The highest BCUT2D eigenvalue weighted by molar-refractivity contribution is 5.96. The molecule has 6 nitrogen and oxygen atoms in total. The van der Waals surface area contributed by atoms with Gasteiger partial charge in [0.2, 0.25) is 5.43 Å². The lowest BCUT2D eigenvalue weighted by molar-refractivity contribution is 0.0999. The first-order valence-electron chi connectivity index (χ1n) is 8.38. The maximum Gasteiger partial charge on any atom is 0.254 e. The molecule has 4 rings (SSSR count). The van der Waals surface area contributed by atoms with E-state index in [1.807, 2.05) is 49.5 Å². The summed E-state index contributed by atoms with van der Waals surface area (Å²) in [6.45, 7) is 1.93. The van der Waals surface area contributed by atoms with Gasteiger partial charge in [0.1, 0.15) is 11.2 Å². The standard InChI is InChI=1S/C21H16N4O2/c1-13-7-8-15(11-24-13)14-4-2-5-16(10-14)25-12-18(20(22)27)19(26)17-6-3-9-23-21(17)25/h2-12H,1H3,(H2,22,27). The number of nitrogens with zero attached hydrogens (tertiary/aromatic N) is 3. The largest absolute Gasteiger partial charge is 0.365 e. The summed E-state index contributed by atoms with van der Waals surface area (Å²) in [5.74, 6) is -0.765. The van der Waals surface area contributed by atoms with Crippen molar-refractivity contribution in [3.63, 3.8) is 0 Å². The highest BCUT2D eigenvalue weighted by Crippen LogP contribution is 2.23. The molecular weight excluding hydrogens is 340 g/mol. The van der Waals surface area contributed by atoms with Gasteiger partial charge in [-0.1, -0.05) is 18.2 Å². The van der Waals surface area contributed by atoms with Crippen LogP contribution in [0.15, 0.2) is 71.9 Å². The highest BCUT2D eigenvalue weighted by atomic mass is 16.2. The molecule has 0 radical (unpaired) electrons. The average molecular weight is 356 g/mol. The Morgan fingerprint density at radius 3 is 2.63 bits per heavy atom. The molecule has 1 amide bonds. The van der Waals surface area contributed by atoms with E-state index in [4.69, 9.17) is 5.73 Å². The van der Waals surface area contributed by atoms with Crippen LogP contribution in [0.5, 0.6) is 0 Å². The molecule has 0 atom stereocenters. The normalized spacial score (nSPS) is 10.9. The number of primary amides is 1. The third-order valence-corrected chi connectivity index (χ3v) is 4.40. The van der Waals surface area contributed by atoms with Gasteiger partial charge in [0.15, 0.2) is 0 Å². The molecule has 132 valence electrons. The van der Waals surface area contributed by atoms with Crippen LogP contribution < -0.4 is 11.2 Å². The van der Waals surface area contributed by atoms with E-state index >= 15 is 0 Å². The van der Waals surface area contributed by atoms with Crippen molar-refractivity contribution in [3.8, 4) is 16.8 Å². The number of hydrogen-bond donors (Lipinski definition) is 1. The summed E-state index contributed by atoms with van der Waals surface area (Å²) in [5.41, 5.74) is 9.02. The van der Waals surface area contributed by atoms with Crippen molar-refractivity contribution in [1.82, 2.24) is 14.5 Å². The van der Waals surface area contributed by atoms with Gasteiger partial charge in [0.25, 0.3) is 5.91 Å². The van der Waals surface area contributed by atoms with Crippen LogP contribution in [0, 0.1) is 6.92 Å². The predicted octanol–water partition coefficient (Wildman–Crippen LogP) is 2.86. The number of carbonyl (C=O) groups excluding carboxylic acids is 1. The third kappa shape index (κ3) is 2.97. The zero-order valence-electron chi connectivity index (χ0n) is 14.6. The van der Waals surface area contributed by atoms with Crippen molar-refractivity contribution in [3.05, 3.63) is 88.6 Å². The Labute approximate surface area is 154 Å². The number of benzene rings is 1. The summed E-state index contributed by atoms with van der Waals surface area (Å²) in [4.78, 5) is 32.9. The van der Waals surface area contributed by atoms with Gasteiger partial charge in [-0.3, -0.25) is 14.6 Å². The summed E-state index contributed by atoms with van der Waals surface area (Å²) in [6.07, 6.45) is 4.87. The van der Waals surface area contributed by atoms with Crippen LogP contribution in [0.1, 0.15) is 16.1 Å². The molecular formula is C21H16N4O2. The first kappa shape index (κ1) is 16.7. The molecule has 0 saturated carbocycles. The van der Waals surface area contributed by atoms with Gasteiger partial charge in [0.05, 0.1) is 5.39 Å². The minimum atomic E-state index is -0.765. The highest BCUT2D eigenvalue weighted by Gasteiger charge is 2.15. The SMILES string of the molecule is Cc1ccc(-c2cccc(-n3cc(C(N)=O)c(=O)c4cccnc43)c2)cn1. The quantitative estimate of drug-likeness (QED) is 0.611. The molecule has 0 aliphatic rings. The van der Waals surface area contributed by atoms with Crippen molar-refractivity contribution >= 4 is 16.9 Å². The second-order valence-corrected chi connectivity index (χ2v) is 6.22. The molecule has 0 aliphatic heterocycles. The van der Waals surface area contributed by atoms with Crippen molar-refractivity contribution in [1.29, 1.82) is 0 Å². The van der Waals surface area contributed by atoms with Crippen molar-refractivity contribution < 1.29 is 4.79 Å². The summed E-state index contributed by atoms with van der Waals surface area (Å²) in [6, 6.07) is 15.0. The van der Waals surface area contributed by atoms with Crippen LogP contribution in [-0.4, -0.2) is 20.4 Å². The molecule has 0 saturated heterocycles. The molecule has 27 heavy (non-hydrogen) atoms. The maximum absolute atomic E-state index is 12.5. The minimum Gasteiger partial charge on any atom is -0.365 e. The fourth-order valence-electron chi connectivity index (χ4n) is 3.01. The molecule has 6 heteroatoms. The van der Waals surface area contributed by atoms with Crippen molar-refractivity contribution in [2.75, 3.05) is 0 Å². The Kier molecular flexibility index (Phi) is 4.01. The van der Waals surface area contributed by atoms with E-state index in [9.17, 15) is 9.59 Å². The number of nitrogens with two attached hydrogens (primary N) is 1. The molecule has 2 N–H and O–H groups in total. The number of carbonyl (C=O) groups is 1. The number of hydrogen-bond acceptors (Lipinski definition) is 4. The molecule has 0 aliphatic carbocycles. The lowest BCUT2D eigenvalue weighted by Gasteiger charge is -2.13. The van der Waals surface area contributed by atoms with Crippen LogP contribution in [0.2, 0.25) is 0 Å². The summed E-state index contributed by atoms with van der Waals surface area (Å²) < 4.78 is 1.71. The van der Waals surface area contributed by atoms with Gasteiger partial charge in [-0.05, 0) is 42.8 Å². The van der Waals surface area contributed by atoms with Crippen molar-refractivity contribution in [2.45, 2.75) is 6.92 Å². The molecule has 0 fully saturated rings. The Morgan fingerprint density at radius 1 is 1.04 bits per heavy atom. The zero-order chi connectivity index (χ0) is 19.0. The first-order valence-corrected chi connectivity index (χ1v) is 8.38. The lowest BCUT2D eigenvalue weighted by Crippen LogP contribution is -2.24. The Balaban J connectivity index is 1.96. The first-order chi connectivity index (χ1) is 13.0. The van der Waals surface area contributed by atoms with Gasteiger partial charge in [0, 0.05) is 35.5 Å². The van der Waals surface area contributed by atoms with E-state index in [0.29, 0.717) is 11.0 Å². The van der Waals surface area contributed by atoms with Gasteiger partial charge >= 0.3 is 0 Å². The topological polar surface area (TPSA) is 90.9 Å². The number of rotatable bonds is 3. The van der Waals surface area contributed by atoms with Crippen LogP contribution in [0.4, 0.5) is 0 Å². The van der Waals surface area contributed by atoms with Crippen LogP contribution in [0.25, 0.3) is 27.8 Å². The number of aromatic nitrogens is 3. The smallest absolute Gasteiger partial charge is 0.254 e. The van der Waals surface area contributed by atoms with Crippen LogP contribution in [0.3, 0.4) is 0 Å². The van der Waals surface area contributed by atoms with E-state index in [0.717, 1.165) is 22.5 Å². The van der Waals surface area contributed by atoms with Crippen molar-refractivity contribution in [2.24, 2.45) is 5.73 Å². The average Bonchev–Trinajstić information content (AvgIpc) is 2.69. The van der Waals surface area contributed by atoms with E-state index in [2.05, 4.69) is 9.97 Å². The van der Waals surface area contributed by atoms with E-state index < -0.39 is 11.3 Å². The lowest BCUT2D eigenvalue weighted by atomic mass is 10.1. The summed E-state index contributed by atoms with van der Waals surface area (Å²) >= 11 is 0. The van der Waals surface area contributed by atoms with Gasteiger partial charge in [-0.25, -0.2) is 4.98 Å². The molecule has 0 bridgehead atoms. The molecule has 3 heterocycles. The molecule has 0 unspecified atom stereocenters. The Morgan fingerprint density at radius 2 is 1.89 bits per heavy atom. The monoisotopic (exact) mass is 356 g/mol. The van der Waals surface area contributed by atoms with Gasteiger partial charge in [-0.15, -0.1) is 0 Å². The Bertz CT molecular complexity index is 1230. The number of amides is 1. The van der Waals surface area contributed by atoms with Gasteiger partial charge < -0.3 is 10.3 Å². The van der Waals surface area contributed by atoms with E-state index in [1.165, 1.54) is 6.20 Å². The Hall–Kier alpha value is -3.80. The molecule has 1 aromatic carbocycles. The fraction of sp³-hybridized carbons (Fsp3) is 0.0476. The molecule has 0 spiro atoms. The van der Waals surface area contributed by atoms with Crippen LogP contribution in [-0.2, 0) is 0 Å². The fourth-order valence-corrected chi connectivity index (χ4v) is 3.01. The number of aryl methyl sites for hydroxylation is 1. The zero-order valence-corrected chi connectivity index (χ0v) is 14.6. The predicted molar refractivity (Wildman–Crippen MR) is 104 cm³/mol. The van der Waals surface area contributed by atoms with E-state index in [1.54, 1.807) is 22.9 Å². The van der Waals surface area contributed by atoms with Crippen LogP contribution >= 0.6 is 0 Å². The minimum absolute atomic E-state index is 0.0714. The third-order valence-electron chi connectivity index (χ3n) is 4.40. The van der Waals surface area contributed by atoms with E-state index in [-0.39, 0.29) is 5.56 Å². The molecule has 3 aromatic heterocycles. The number of pyridine rings is 3. The second kappa shape index (κ2) is 6.49. The number of fused-ring (bicyclic) bond motifs is 1. The maximum atomic E-state index is 12.5. The van der Waals surface area contributed by atoms with Gasteiger partial charge in [-0.2, -0.15) is 0 Å². The second-order valence-electron chi connectivity index (χ2n) is 6.22. The molecule has 4 aromatic rings.